The molecule has 3 saturated heterocycles. The SMILES string of the molecule is C=CCN(Cc1ccccc1)C(=O)[C@@H]1[C@H]2C(=O)N(CCO)C(C(=O)N(CC=C)C(C)(C)CC(C)(C)C)C23CC[C@@]1(CC)O3. The molecule has 8 nitrogen and oxygen atoms in total. The summed E-state index contributed by atoms with van der Waals surface area (Å²) in [5.74, 6) is -2.21. The van der Waals surface area contributed by atoms with Crippen LogP contribution in [-0.4, -0.2) is 86.6 Å². The van der Waals surface area contributed by atoms with Crippen LogP contribution in [0.1, 0.15) is 72.8 Å². The van der Waals surface area contributed by atoms with Crippen molar-refractivity contribution in [2.24, 2.45) is 17.3 Å². The molecule has 0 saturated carbocycles. The summed E-state index contributed by atoms with van der Waals surface area (Å²) in [5, 5.41) is 10.1. The van der Waals surface area contributed by atoms with Crippen molar-refractivity contribution in [1.82, 2.24) is 14.7 Å². The van der Waals surface area contributed by atoms with E-state index in [0.29, 0.717) is 38.9 Å². The number of aliphatic hydroxyl groups excluding tert-OH is 1. The number of carbonyl (C=O) groups is 3. The summed E-state index contributed by atoms with van der Waals surface area (Å²) in [6, 6.07) is 8.83. The maximum absolute atomic E-state index is 14.8. The van der Waals surface area contributed by atoms with Crippen LogP contribution in [0, 0.1) is 17.3 Å². The Morgan fingerprint density at radius 2 is 1.72 bits per heavy atom. The lowest BCUT2D eigenvalue weighted by Crippen LogP contribution is -2.61. The van der Waals surface area contributed by atoms with Crippen molar-refractivity contribution in [3.8, 4) is 0 Å². The number of nitrogens with zero attached hydrogens (tertiary/aromatic N) is 3. The highest BCUT2D eigenvalue weighted by Gasteiger charge is 2.79. The number of β-amino-alcohol motifs (C(OH)–C–C–N with tert-alkyl or cyclic N) is 1. The van der Waals surface area contributed by atoms with Crippen molar-refractivity contribution in [1.29, 1.82) is 0 Å². The van der Waals surface area contributed by atoms with E-state index in [1.807, 2.05) is 56.0 Å². The summed E-state index contributed by atoms with van der Waals surface area (Å²) in [7, 11) is 0. The van der Waals surface area contributed by atoms with Crippen LogP contribution < -0.4 is 0 Å². The van der Waals surface area contributed by atoms with Crippen molar-refractivity contribution in [2.75, 3.05) is 26.2 Å². The molecule has 2 unspecified atom stereocenters. The van der Waals surface area contributed by atoms with E-state index < -0.39 is 34.6 Å². The second-order valence-electron chi connectivity index (χ2n) is 14.4. The van der Waals surface area contributed by atoms with E-state index in [9.17, 15) is 19.5 Å². The van der Waals surface area contributed by atoms with E-state index in [-0.39, 0.29) is 36.3 Å². The Hall–Kier alpha value is -2.97. The van der Waals surface area contributed by atoms with Gasteiger partial charge in [0.15, 0.2) is 0 Å². The average molecular weight is 594 g/mol. The summed E-state index contributed by atoms with van der Waals surface area (Å²) in [5.41, 5.74) is -1.61. The zero-order valence-corrected chi connectivity index (χ0v) is 27.0. The number of fused-ring (bicyclic) bond motifs is 1. The van der Waals surface area contributed by atoms with Gasteiger partial charge in [-0.3, -0.25) is 14.4 Å². The van der Waals surface area contributed by atoms with Crippen molar-refractivity contribution >= 4 is 17.7 Å². The molecule has 3 aliphatic heterocycles. The highest BCUT2D eigenvalue weighted by atomic mass is 16.5. The summed E-state index contributed by atoms with van der Waals surface area (Å²) in [4.78, 5) is 48.8. The molecule has 0 aromatic heterocycles. The average Bonchev–Trinajstić information content (AvgIpc) is 3.54. The highest BCUT2D eigenvalue weighted by Crippen LogP contribution is 2.64. The molecule has 43 heavy (non-hydrogen) atoms. The quantitative estimate of drug-likeness (QED) is 0.338. The van der Waals surface area contributed by atoms with E-state index in [4.69, 9.17) is 4.74 Å². The van der Waals surface area contributed by atoms with Gasteiger partial charge in [0.2, 0.25) is 17.7 Å². The predicted octanol–water partition coefficient (Wildman–Crippen LogP) is 4.58. The molecule has 5 atom stereocenters. The number of benzene rings is 1. The Labute approximate surface area is 257 Å². The highest BCUT2D eigenvalue weighted by molar-refractivity contribution is 5.99. The fourth-order valence-corrected chi connectivity index (χ4v) is 8.42. The first kappa shape index (κ1) is 32.9. The molecule has 1 aromatic rings. The minimum Gasteiger partial charge on any atom is -0.395 e. The first-order valence-electron chi connectivity index (χ1n) is 15.7. The molecule has 4 rings (SSSR count). The van der Waals surface area contributed by atoms with Gasteiger partial charge in [0.25, 0.3) is 0 Å². The van der Waals surface area contributed by atoms with E-state index in [0.717, 1.165) is 12.0 Å². The minimum absolute atomic E-state index is 0.00109. The van der Waals surface area contributed by atoms with Crippen LogP contribution in [0.15, 0.2) is 55.6 Å². The molecule has 1 aromatic carbocycles. The molecule has 1 spiro atoms. The van der Waals surface area contributed by atoms with Crippen LogP contribution in [0.3, 0.4) is 0 Å². The maximum atomic E-state index is 14.8. The molecule has 0 aliphatic carbocycles. The third-order valence-electron chi connectivity index (χ3n) is 9.67. The largest absolute Gasteiger partial charge is 0.395 e. The molecule has 0 radical (unpaired) electrons. The molecule has 2 bridgehead atoms. The Bertz CT molecular complexity index is 1220. The third-order valence-corrected chi connectivity index (χ3v) is 9.67. The van der Waals surface area contributed by atoms with Gasteiger partial charge in [-0.05, 0) is 50.5 Å². The van der Waals surface area contributed by atoms with Crippen LogP contribution in [0.2, 0.25) is 0 Å². The van der Waals surface area contributed by atoms with Gasteiger partial charge in [-0.1, -0.05) is 70.2 Å². The number of amides is 3. The van der Waals surface area contributed by atoms with Gasteiger partial charge in [-0.2, -0.15) is 0 Å². The Balaban J connectivity index is 1.79. The van der Waals surface area contributed by atoms with E-state index in [1.165, 1.54) is 4.90 Å². The lowest BCUT2D eigenvalue weighted by atomic mass is 9.64. The van der Waals surface area contributed by atoms with Crippen LogP contribution in [0.4, 0.5) is 0 Å². The normalized spacial score (nSPS) is 28.1. The van der Waals surface area contributed by atoms with Crippen molar-refractivity contribution in [3.05, 3.63) is 61.2 Å². The molecule has 3 fully saturated rings. The van der Waals surface area contributed by atoms with Crippen LogP contribution in [-0.2, 0) is 25.7 Å². The van der Waals surface area contributed by atoms with Gasteiger partial charge >= 0.3 is 0 Å². The Morgan fingerprint density at radius 1 is 1.07 bits per heavy atom. The standard InChI is InChI=1S/C35H51N3O5/c1-9-19-36(23-25-15-13-12-14-16-25)29(40)26-27-30(41)37(21-22-39)28(35(27)18-17-34(26,11-3)43-35)31(42)38(20-10-2)33(7,8)24-32(4,5)6/h9-10,12-16,26-28,39H,1-2,11,17-24H2,3-8H3/t26-,27-,28?,34+,35?/m0/s1. The molecule has 3 heterocycles. The van der Waals surface area contributed by atoms with Gasteiger partial charge in [0, 0.05) is 31.7 Å². The fourth-order valence-electron chi connectivity index (χ4n) is 8.42. The third kappa shape index (κ3) is 5.80. The number of aliphatic hydroxyl groups is 1. The van der Waals surface area contributed by atoms with Gasteiger partial charge in [-0.25, -0.2) is 0 Å². The molecular weight excluding hydrogens is 542 g/mol. The van der Waals surface area contributed by atoms with Crippen LogP contribution >= 0.6 is 0 Å². The summed E-state index contributed by atoms with van der Waals surface area (Å²) in [6.07, 6.45) is 5.78. The maximum Gasteiger partial charge on any atom is 0.249 e. The first-order chi connectivity index (χ1) is 20.2. The molecule has 3 amide bonds. The molecule has 3 aliphatic rings. The number of rotatable bonds is 13. The molecule has 8 heteroatoms. The van der Waals surface area contributed by atoms with Crippen LogP contribution in [0.5, 0.6) is 0 Å². The Kier molecular flexibility index (Phi) is 9.34. The predicted molar refractivity (Wildman–Crippen MR) is 168 cm³/mol. The zero-order valence-electron chi connectivity index (χ0n) is 27.0. The number of ether oxygens (including phenoxy) is 1. The number of carbonyl (C=O) groups excluding carboxylic acids is 3. The van der Waals surface area contributed by atoms with Gasteiger partial charge in [0.05, 0.1) is 24.0 Å². The minimum atomic E-state index is -1.15. The lowest BCUT2D eigenvalue weighted by Gasteiger charge is -2.45. The monoisotopic (exact) mass is 593 g/mol. The topological polar surface area (TPSA) is 90.4 Å². The number of likely N-dealkylation sites (tertiary alicyclic amines) is 1. The van der Waals surface area contributed by atoms with Gasteiger partial charge in [-0.15, -0.1) is 13.2 Å². The summed E-state index contributed by atoms with van der Waals surface area (Å²) < 4.78 is 6.96. The number of hydrogen-bond donors (Lipinski definition) is 1. The first-order valence-corrected chi connectivity index (χ1v) is 15.7. The Morgan fingerprint density at radius 3 is 2.28 bits per heavy atom. The molecule has 1 N–H and O–H groups in total. The zero-order chi connectivity index (χ0) is 31.8. The lowest BCUT2D eigenvalue weighted by molar-refractivity contribution is -0.158. The van der Waals surface area contributed by atoms with E-state index >= 15 is 0 Å². The van der Waals surface area contributed by atoms with Crippen molar-refractivity contribution in [2.45, 2.75) is 96.6 Å². The van der Waals surface area contributed by atoms with Gasteiger partial charge in [0.1, 0.15) is 11.6 Å². The fraction of sp³-hybridized carbons (Fsp3) is 0.629. The molecule has 236 valence electrons. The van der Waals surface area contributed by atoms with Crippen molar-refractivity contribution < 1.29 is 24.2 Å². The van der Waals surface area contributed by atoms with E-state index in [1.54, 1.807) is 17.1 Å². The molecular formula is C35H51N3O5. The van der Waals surface area contributed by atoms with E-state index in [2.05, 4.69) is 33.9 Å². The van der Waals surface area contributed by atoms with Gasteiger partial charge < -0.3 is 24.5 Å². The summed E-state index contributed by atoms with van der Waals surface area (Å²) in [6.45, 7) is 21.1. The van der Waals surface area contributed by atoms with Crippen molar-refractivity contribution in [3.63, 3.8) is 0 Å². The second-order valence-corrected chi connectivity index (χ2v) is 14.4. The summed E-state index contributed by atoms with van der Waals surface area (Å²) >= 11 is 0. The van der Waals surface area contributed by atoms with Crippen LogP contribution in [0.25, 0.3) is 0 Å². The smallest absolute Gasteiger partial charge is 0.249 e. The second kappa shape index (κ2) is 12.2. The number of hydrogen-bond acceptors (Lipinski definition) is 5.